The molecule has 174 valence electrons. The molecule has 2 atom stereocenters. The number of halogens is 2. The van der Waals surface area contributed by atoms with Crippen molar-refractivity contribution in [1.29, 1.82) is 0 Å². The zero-order valence-corrected chi connectivity index (χ0v) is 20.5. The van der Waals surface area contributed by atoms with E-state index in [1.54, 1.807) is 18.2 Å². The molecule has 1 N–H and O–H groups in total. The maximum Gasteiger partial charge on any atom is 0.224 e. The fourth-order valence-corrected chi connectivity index (χ4v) is 5.69. The standard InChI is InChI=1S/C23H28Cl2N2O4S/c1-3-31-20-9-7-18(8-10-20)16(2)26-23(28)19-5-4-12-27(14-19)32(29,30)15-17-6-11-21(24)22(25)13-17/h6-11,13,16,19H,3-5,12,14-15H2,1-2H3,(H,26,28)/t16-,19-/m1/s1. The Bertz CT molecular complexity index is 1040. The quantitative estimate of drug-likeness (QED) is 0.566. The van der Waals surface area contributed by atoms with Crippen molar-refractivity contribution in [3.63, 3.8) is 0 Å². The molecule has 1 fully saturated rings. The SMILES string of the molecule is CCOc1ccc([C@@H](C)NC(=O)[C@@H]2CCCN(S(=O)(=O)Cc3ccc(Cl)c(Cl)c3)C2)cc1. The van der Waals surface area contributed by atoms with Crippen molar-refractivity contribution < 1.29 is 17.9 Å². The van der Waals surface area contributed by atoms with Crippen LogP contribution in [0.15, 0.2) is 42.5 Å². The van der Waals surface area contributed by atoms with Crippen molar-refractivity contribution in [2.45, 2.75) is 38.5 Å². The molecule has 3 rings (SSSR count). The Morgan fingerprint density at radius 2 is 1.91 bits per heavy atom. The minimum Gasteiger partial charge on any atom is -0.494 e. The van der Waals surface area contributed by atoms with Crippen LogP contribution in [0.2, 0.25) is 10.0 Å². The average Bonchev–Trinajstić information content (AvgIpc) is 2.77. The number of carbonyl (C=O) groups is 1. The molecule has 2 aromatic carbocycles. The third-order valence-electron chi connectivity index (χ3n) is 5.53. The van der Waals surface area contributed by atoms with Gasteiger partial charge in [-0.25, -0.2) is 12.7 Å². The highest BCUT2D eigenvalue weighted by Gasteiger charge is 2.33. The van der Waals surface area contributed by atoms with Crippen LogP contribution in [0.1, 0.15) is 43.9 Å². The number of sulfonamides is 1. The van der Waals surface area contributed by atoms with Gasteiger partial charge in [-0.05, 0) is 62.1 Å². The molecule has 0 aliphatic carbocycles. The minimum atomic E-state index is -3.59. The Labute approximate surface area is 199 Å². The number of piperidine rings is 1. The first-order valence-corrected chi connectivity index (χ1v) is 13.0. The van der Waals surface area contributed by atoms with E-state index in [0.29, 0.717) is 41.6 Å². The van der Waals surface area contributed by atoms with E-state index >= 15 is 0 Å². The lowest BCUT2D eigenvalue weighted by atomic mass is 9.98. The number of ether oxygens (including phenoxy) is 1. The number of hydrogen-bond acceptors (Lipinski definition) is 4. The summed E-state index contributed by atoms with van der Waals surface area (Å²) in [6, 6.07) is 12.2. The van der Waals surface area contributed by atoms with Crippen LogP contribution in [-0.2, 0) is 20.6 Å². The topological polar surface area (TPSA) is 75.7 Å². The van der Waals surface area contributed by atoms with Gasteiger partial charge in [-0.2, -0.15) is 0 Å². The van der Waals surface area contributed by atoms with E-state index in [2.05, 4.69) is 5.32 Å². The maximum atomic E-state index is 13.0. The first-order chi connectivity index (χ1) is 15.2. The summed E-state index contributed by atoms with van der Waals surface area (Å²) in [4.78, 5) is 12.9. The van der Waals surface area contributed by atoms with E-state index in [-0.39, 0.29) is 24.2 Å². The van der Waals surface area contributed by atoms with Gasteiger partial charge < -0.3 is 10.1 Å². The summed E-state index contributed by atoms with van der Waals surface area (Å²) < 4.78 is 32.8. The highest BCUT2D eigenvalue weighted by molar-refractivity contribution is 7.88. The van der Waals surface area contributed by atoms with Crippen molar-refractivity contribution >= 4 is 39.1 Å². The summed E-state index contributed by atoms with van der Waals surface area (Å²) in [5.74, 6) is 0.0732. The molecule has 0 spiro atoms. The van der Waals surface area contributed by atoms with Gasteiger partial charge in [-0.15, -0.1) is 0 Å². The van der Waals surface area contributed by atoms with E-state index in [1.165, 1.54) is 4.31 Å². The van der Waals surface area contributed by atoms with Gasteiger partial charge in [-0.1, -0.05) is 41.4 Å². The molecular weight excluding hydrogens is 471 g/mol. The highest BCUT2D eigenvalue weighted by atomic mass is 35.5. The predicted octanol–water partition coefficient (Wildman–Crippen LogP) is 4.81. The molecule has 1 heterocycles. The molecule has 1 saturated heterocycles. The molecule has 6 nitrogen and oxygen atoms in total. The third kappa shape index (κ3) is 6.38. The van der Waals surface area contributed by atoms with Gasteiger partial charge in [0.25, 0.3) is 0 Å². The second kappa shape index (κ2) is 10.9. The fourth-order valence-electron chi connectivity index (χ4n) is 3.77. The second-order valence-corrected chi connectivity index (χ2v) is 10.7. The first kappa shape index (κ1) is 24.8. The summed E-state index contributed by atoms with van der Waals surface area (Å²) in [7, 11) is -3.59. The number of carbonyl (C=O) groups excluding carboxylic acids is 1. The predicted molar refractivity (Wildman–Crippen MR) is 128 cm³/mol. The van der Waals surface area contributed by atoms with Crippen LogP contribution < -0.4 is 10.1 Å². The summed E-state index contributed by atoms with van der Waals surface area (Å²) in [5.41, 5.74) is 1.52. The normalized spacial score (nSPS) is 18.2. The van der Waals surface area contributed by atoms with Crippen molar-refractivity contribution in [3.8, 4) is 5.75 Å². The van der Waals surface area contributed by atoms with Gasteiger partial charge >= 0.3 is 0 Å². The third-order valence-corrected chi connectivity index (χ3v) is 8.09. The highest BCUT2D eigenvalue weighted by Crippen LogP contribution is 2.26. The maximum absolute atomic E-state index is 13.0. The number of rotatable bonds is 8. The molecule has 0 aromatic heterocycles. The van der Waals surface area contributed by atoms with Crippen LogP contribution in [0.5, 0.6) is 5.75 Å². The van der Waals surface area contributed by atoms with E-state index in [1.807, 2.05) is 38.1 Å². The number of hydrogen-bond donors (Lipinski definition) is 1. The van der Waals surface area contributed by atoms with Gasteiger partial charge in [0.05, 0.1) is 34.4 Å². The van der Waals surface area contributed by atoms with Gasteiger partial charge in [0.15, 0.2) is 0 Å². The summed E-state index contributed by atoms with van der Waals surface area (Å²) in [6.45, 7) is 5.01. The van der Waals surface area contributed by atoms with Crippen molar-refractivity contribution in [2.75, 3.05) is 19.7 Å². The molecule has 9 heteroatoms. The van der Waals surface area contributed by atoms with Gasteiger partial charge in [0, 0.05) is 13.1 Å². The molecule has 0 bridgehead atoms. The first-order valence-electron chi connectivity index (χ1n) is 10.6. The Hall–Kier alpha value is -1.80. The number of nitrogens with one attached hydrogen (secondary N) is 1. The minimum absolute atomic E-state index is 0.138. The fraction of sp³-hybridized carbons (Fsp3) is 0.435. The van der Waals surface area contributed by atoms with Gasteiger partial charge in [0.1, 0.15) is 5.75 Å². The monoisotopic (exact) mass is 498 g/mol. The van der Waals surface area contributed by atoms with Crippen molar-refractivity contribution in [2.24, 2.45) is 5.92 Å². The number of nitrogens with zero attached hydrogens (tertiary/aromatic N) is 1. The summed E-state index contributed by atoms with van der Waals surface area (Å²) in [5, 5.41) is 3.72. The lowest BCUT2D eigenvalue weighted by Crippen LogP contribution is -2.46. The Morgan fingerprint density at radius 1 is 1.19 bits per heavy atom. The van der Waals surface area contributed by atoms with Gasteiger partial charge in [-0.3, -0.25) is 4.79 Å². The molecule has 1 amide bonds. The summed E-state index contributed by atoms with van der Waals surface area (Å²) >= 11 is 11.9. The molecule has 0 radical (unpaired) electrons. The van der Waals surface area contributed by atoms with Crippen LogP contribution in [0.4, 0.5) is 0 Å². The van der Waals surface area contributed by atoms with E-state index in [4.69, 9.17) is 27.9 Å². The Kier molecular flexibility index (Phi) is 8.44. The smallest absolute Gasteiger partial charge is 0.224 e. The van der Waals surface area contributed by atoms with Crippen LogP contribution in [0.25, 0.3) is 0 Å². The zero-order chi connectivity index (χ0) is 23.3. The molecule has 0 unspecified atom stereocenters. The largest absolute Gasteiger partial charge is 0.494 e. The van der Waals surface area contributed by atoms with Crippen molar-refractivity contribution in [1.82, 2.24) is 9.62 Å². The molecule has 2 aromatic rings. The van der Waals surface area contributed by atoms with E-state index in [0.717, 1.165) is 11.3 Å². The van der Waals surface area contributed by atoms with Crippen LogP contribution in [-0.4, -0.2) is 38.3 Å². The lowest BCUT2D eigenvalue weighted by Gasteiger charge is -2.32. The zero-order valence-electron chi connectivity index (χ0n) is 18.2. The average molecular weight is 499 g/mol. The van der Waals surface area contributed by atoms with E-state index < -0.39 is 15.9 Å². The van der Waals surface area contributed by atoms with Gasteiger partial charge in [0.2, 0.25) is 15.9 Å². The second-order valence-electron chi connectivity index (χ2n) is 7.93. The molecule has 32 heavy (non-hydrogen) atoms. The Morgan fingerprint density at radius 3 is 2.56 bits per heavy atom. The van der Waals surface area contributed by atoms with Crippen LogP contribution in [0.3, 0.4) is 0 Å². The van der Waals surface area contributed by atoms with Crippen LogP contribution >= 0.6 is 23.2 Å². The molecule has 1 aliphatic rings. The Balaban J connectivity index is 1.61. The number of benzene rings is 2. The molecule has 0 saturated carbocycles. The number of amides is 1. The van der Waals surface area contributed by atoms with E-state index in [9.17, 15) is 13.2 Å². The molecule has 1 aliphatic heterocycles. The van der Waals surface area contributed by atoms with Crippen LogP contribution in [0, 0.1) is 5.92 Å². The van der Waals surface area contributed by atoms with Crippen molar-refractivity contribution in [3.05, 3.63) is 63.6 Å². The lowest BCUT2D eigenvalue weighted by molar-refractivity contribution is -0.126. The summed E-state index contributed by atoms with van der Waals surface area (Å²) in [6.07, 6.45) is 1.29. The molecular formula is C23H28Cl2N2O4S.